The summed E-state index contributed by atoms with van der Waals surface area (Å²) in [7, 11) is 0. The number of hydrogen-bond donors (Lipinski definition) is 0. The zero-order valence-electron chi connectivity index (χ0n) is 10.9. The van der Waals surface area contributed by atoms with Crippen LogP contribution in [0.5, 0.6) is 0 Å². The van der Waals surface area contributed by atoms with Gasteiger partial charge in [-0.15, -0.1) is 11.3 Å². The molecule has 0 aliphatic carbocycles. The maximum atomic E-state index is 13.0. The van der Waals surface area contributed by atoms with Crippen molar-refractivity contribution in [2.45, 2.75) is 20.0 Å². The summed E-state index contributed by atoms with van der Waals surface area (Å²) in [6.07, 6.45) is -3.41. The molecular formula is C12H8ClF3N4S. The third-order valence-electron chi connectivity index (χ3n) is 2.43. The van der Waals surface area contributed by atoms with Crippen molar-refractivity contribution in [3.8, 4) is 11.8 Å². The lowest BCUT2D eigenvalue weighted by molar-refractivity contribution is -0.137. The van der Waals surface area contributed by atoms with Gasteiger partial charge in [0, 0.05) is 11.1 Å². The fraction of sp³-hybridized carbons (Fsp3) is 0.250. The molecule has 2 aromatic heterocycles. The molecule has 0 saturated heterocycles. The van der Waals surface area contributed by atoms with Crippen LogP contribution < -0.4 is 0 Å². The van der Waals surface area contributed by atoms with E-state index in [9.17, 15) is 13.2 Å². The molecule has 2 rings (SSSR count). The molecule has 2 heterocycles. The first-order valence-corrected chi connectivity index (χ1v) is 6.86. The third kappa shape index (κ3) is 2.94. The minimum Gasteiger partial charge on any atom is -0.237 e. The lowest BCUT2D eigenvalue weighted by atomic mass is 10.3. The second-order valence-corrected chi connectivity index (χ2v) is 5.72. The lowest BCUT2D eigenvalue weighted by Crippen LogP contribution is -2.09. The van der Waals surface area contributed by atoms with E-state index in [2.05, 4.69) is 10.1 Å². The molecule has 0 saturated carbocycles. The summed E-state index contributed by atoms with van der Waals surface area (Å²) in [5.74, 6) is 0.0308. The van der Waals surface area contributed by atoms with Gasteiger partial charge in [-0.2, -0.15) is 23.5 Å². The Morgan fingerprint density at radius 3 is 2.67 bits per heavy atom. The van der Waals surface area contributed by atoms with E-state index in [0.29, 0.717) is 5.71 Å². The summed E-state index contributed by atoms with van der Waals surface area (Å²) >= 11 is 6.62. The molecule has 0 aliphatic heterocycles. The fourth-order valence-corrected chi connectivity index (χ4v) is 2.72. The van der Waals surface area contributed by atoms with Crippen LogP contribution in [0.25, 0.3) is 5.69 Å². The second kappa shape index (κ2) is 5.50. The highest BCUT2D eigenvalue weighted by Crippen LogP contribution is 2.42. The Hall–Kier alpha value is -1.85. The van der Waals surface area contributed by atoms with E-state index in [0.717, 1.165) is 27.6 Å². The van der Waals surface area contributed by atoms with E-state index >= 15 is 0 Å². The predicted molar refractivity (Wildman–Crippen MR) is 74.6 cm³/mol. The van der Waals surface area contributed by atoms with Crippen LogP contribution >= 0.6 is 22.9 Å². The summed E-state index contributed by atoms with van der Waals surface area (Å²) in [4.78, 5) is 4.08. The van der Waals surface area contributed by atoms with E-state index in [1.54, 1.807) is 13.8 Å². The highest BCUT2D eigenvalue weighted by atomic mass is 35.5. The molecule has 0 N–H and O–H groups in total. The van der Waals surface area contributed by atoms with Crippen molar-refractivity contribution < 1.29 is 13.2 Å². The molecule has 0 aliphatic rings. The molecular weight excluding hydrogens is 325 g/mol. The molecule has 0 fully saturated rings. The quantitative estimate of drug-likeness (QED) is 0.755. The van der Waals surface area contributed by atoms with Crippen molar-refractivity contribution >= 4 is 34.5 Å². The average Bonchev–Trinajstić information content (AvgIpc) is 2.91. The normalized spacial score (nSPS) is 11.3. The molecule has 0 bridgehead atoms. The number of aliphatic imine (C=N–C) groups is 1. The van der Waals surface area contributed by atoms with Crippen molar-refractivity contribution in [2.24, 2.45) is 4.99 Å². The van der Waals surface area contributed by atoms with Gasteiger partial charge < -0.3 is 0 Å². The van der Waals surface area contributed by atoms with Gasteiger partial charge in [-0.25, -0.2) is 9.67 Å². The van der Waals surface area contributed by atoms with Gasteiger partial charge >= 0.3 is 6.18 Å². The molecule has 2 aromatic rings. The number of thiophene rings is 1. The molecule has 0 unspecified atom stereocenters. The van der Waals surface area contributed by atoms with Crippen LogP contribution in [0, 0.1) is 11.3 Å². The lowest BCUT2D eigenvalue weighted by Gasteiger charge is -2.10. The van der Waals surface area contributed by atoms with Gasteiger partial charge in [0.25, 0.3) is 0 Å². The van der Waals surface area contributed by atoms with E-state index in [-0.39, 0.29) is 21.4 Å². The zero-order chi connectivity index (χ0) is 15.8. The van der Waals surface area contributed by atoms with Crippen LogP contribution in [0.4, 0.5) is 19.0 Å². The number of hydrogen-bond acceptors (Lipinski definition) is 4. The van der Waals surface area contributed by atoms with Crippen molar-refractivity contribution in [2.75, 3.05) is 0 Å². The zero-order valence-corrected chi connectivity index (χ0v) is 12.4. The Kier molecular flexibility index (Phi) is 4.07. The van der Waals surface area contributed by atoms with Crippen LogP contribution in [0.15, 0.2) is 16.6 Å². The van der Waals surface area contributed by atoms with E-state index in [1.165, 1.54) is 0 Å². The molecule has 0 radical (unpaired) electrons. The number of aromatic nitrogens is 2. The van der Waals surface area contributed by atoms with Gasteiger partial charge in [-0.1, -0.05) is 11.6 Å². The van der Waals surface area contributed by atoms with Crippen LogP contribution in [0.1, 0.15) is 25.0 Å². The monoisotopic (exact) mass is 332 g/mol. The smallest absolute Gasteiger partial charge is 0.237 e. The van der Waals surface area contributed by atoms with Crippen LogP contribution in [-0.2, 0) is 6.18 Å². The molecule has 0 spiro atoms. The number of alkyl halides is 3. The molecule has 110 valence electrons. The first kappa shape index (κ1) is 15.5. The average molecular weight is 333 g/mol. The summed E-state index contributed by atoms with van der Waals surface area (Å²) in [5, 5.41) is 13.8. The summed E-state index contributed by atoms with van der Waals surface area (Å²) in [5.41, 5.74) is -0.564. The maximum absolute atomic E-state index is 13.0. The highest BCUT2D eigenvalue weighted by Gasteiger charge is 2.37. The molecule has 4 nitrogen and oxygen atoms in total. The van der Waals surface area contributed by atoms with Gasteiger partial charge in [-0.05, 0) is 13.8 Å². The Labute approximate surface area is 127 Å². The van der Waals surface area contributed by atoms with E-state index in [1.807, 2.05) is 6.07 Å². The van der Waals surface area contributed by atoms with Gasteiger partial charge in [-0.3, -0.25) is 0 Å². The van der Waals surface area contributed by atoms with Gasteiger partial charge in [0.05, 0.1) is 11.8 Å². The molecule has 0 atom stereocenters. The van der Waals surface area contributed by atoms with Crippen molar-refractivity contribution in [3.05, 3.63) is 27.0 Å². The predicted octanol–water partition coefficient (Wildman–Crippen LogP) is 4.59. The minimum absolute atomic E-state index is 0.0308. The Morgan fingerprint density at radius 2 is 2.14 bits per heavy atom. The third-order valence-corrected chi connectivity index (χ3v) is 3.63. The highest BCUT2D eigenvalue weighted by molar-refractivity contribution is 7.15. The molecule has 0 aromatic carbocycles. The first-order chi connectivity index (χ1) is 9.75. The van der Waals surface area contributed by atoms with Crippen LogP contribution in [0.3, 0.4) is 0 Å². The number of nitrogens with zero attached hydrogens (tertiary/aromatic N) is 4. The second-order valence-electron chi connectivity index (χ2n) is 4.23. The number of nitriles is 1. The van der Waals surface area contributed by atoms with E-state index < -0.39 is 11.7 Å². The Bertz CT molecular complexity index is 748. The maximum Gasteiger partial charge on any atom is 0.419 e. The molecule has 9 heteroatoms. The Morgan fingerprint density at radius 1 is 1.48 bits per heavy atom. The van der Waals surface area contributed by atoms with Crippen LogP contribution in [0.2, 0.25) is 4.34 Å². The summed E-state index contributed by atoms with van der Waals surface area (Å²) in [6.45, 7) is 3.33. The van der Waals surface area contributed by atoms with Crippen molar-refractivity contribution in [3.63, 3.8) is 0 Å². The summed E-state index contributed by atoms with van der Waals surface area (Å²) < 4.78 is 40.0. The molecule has 0 amide bonds. The fourth-order valence-electron chi connectivity index (χ4n) is 1.63. The van der Waals surface area contributed by atoms with Gasteiger partial charge in [0.15, 0.2) is 5.82 Å². The van der Waals surface area contributed by atoms with Gasteiger partial charge in [0.2, 0.25) is 0 Å². The first-order valence-electron chi connectivity index (χ1n) is 5.60. The van der Waals surface area contributed by atoms with Crippen LogP contribution in [-0.4, -0.2) is 15.5 Å². The minimum atomic E-state index is -4.57. The standard InChI is InChI=1S/C12H8ClF3N4S/c1-6(2)19-11-7(3-17)4-18-20(11)9-8(12(14,15)16)5-21-10(9)13/h4-5H,1-2H3. The largest absolute Gasteiger partial charge is 0.419 e. The van der Waals surface area contributed by atoms with Crippen molar-refractivity contribution in [1.29, 1.82) is 5.26 Å². The van der Waals surface area contributed by atoms with E-state index in [4.69, 9.17) is 16.9 Å². The number of halogens is 4. The Balaban J connectivity index is 2.75. The SMILES string of the molecule is CC(C)=Nc1c(C#N)cnn1-c1c(C(F)(F)F)csc1Cl. The molecule has 21 heavy (non-hydrogen) atoms. The van der Waals surface area contributed by atoms with Crippen molar-refractivity contribution in [1.82, 2.24) is 9.78 Å². The number of rotatable bonds is 2. The topological polar surface area (TPSA) is 54.0 Å². The summed E-state index contributed by atoms with van der Waals surface area (Å²) in [6, 6.07) is 1.85. The van der Waals surface area contributed by atoms with Gasteiger partial charge in [0.1, 0.15) is 21.7 Å².